The van der Waals surface area contributed by atoms with E-state index in [1.54, 1.807) is 14.0 Å². The van der Waals surface area contributed by atoms with Gasteiger partial charge in [-0.3, -0.25) is 0 Å². The van der Waals surface area contributed by atoms with Crippen LogP contribution in [0.5, 0.6) is 0 Å². The Labute approximate surface area is 125 Å². The van der Waals surface area contributed by atoms with Gasteiger partial charge in [-0.25, -0.2) is 8.42 Å². The van der Waals surface area contributed by atoms with Crippen molar-refractivity contribution in [3.8, 4) is 0 Å². The van der Waals surface area contributed by atoms with Crippen LogP contribution in [0.1, 0.15) is 27.2 Å². The molecule has 0 aliphatic rings. The van der Waals surface area contributed by atoms with Gasteiger partial charge in [-0.15, -0.1) is 0 Å². The van der Waals surface area contributed by atoms with Gasteiger partial charge in [-0.2, -0.15) is 4.37 Å². The summed E-state index contributed by atoms with van der Waals surface area (Å²) in [5, 5.41) is 0.621. The van der Waals surface area contributed by atoms with Crippen molar-refractivity contribution >= 4 is 32.2 Å². The van der Waals surface area contributed by atoms with Crippen molar-refractivity contribution < 1.29 is 13.2 Å². The molecule has 0 bridgehead atoms. The first kappa shape index (κ1) is 17.2. The molecule has 1 aromatic rings. The molecule has 0 aliphatic carbocycles. The van der Waals surface area contributed by atoms with Crippen molar-refractivity contribution in [2.75, 3.05) is 36.6 Å². The average Bonchev–Trinajstić information content (AvgIpc) is 2.81. The third-order valence-corrected chi connectivity index (χ3v) is 6.08. The van der Waals surface area contributed by atoms with E-state index in [2.05, 4.69) is 11.3 Å². The summed E-state index contributed by atoms with van der Waals surface area (Å²) in [6.07, 6.45) is 0.896. The molecule has 0 saturated heterocycles. The minimum Gasteiger partial charge on any atom is -0.383 e. The Morgan fingerprint density at radius 1 is 1.45 bits per heavy atom. The highest BCUT2D eigenvalue weighted by molar-refractivity contribution is 7.91. The van der Waals surface area contributed by atoms with Crippen molar-refractivity contribution in [2.45, 2.75) is 38.1 Å². The van der Waals surface area contributed by atoms with E-state index in [0.29, 0.717) is 18.2 Å². The van der Waals surface area contributed by atoms with E-state index in [0.717, 1.165) is 18.0 Å². The Morgan fingerprint density at radius 2 is 2.10 bits per heavy atom. The van der Waals surface area contributed by atoms with Crippen LogP contribution >= 0.6 is 11.5 Å². The van der Waals surface area contributed by atoms with E-state index in [9.17, 15) is 8.42 Å². The molecule has 1 unspecified atom stereocenters. The number of hydrogen-bond donors (Lipinski definition) is 1. The van der Waals surface area contributed by atoms with Gasteiger partial charge in [0.15, 0.2) is 15.7 Å². The van der Waals surface area contributed by atoms with Crippen LogP contribution in [0, 0.1) is 0 Å². The Bertz CT molecular complexity index is 528. The molecule has 0 fully saturated rings. The lowest BCUT2D eigenvalue weighted by Gasteiger charge is -2.29. The largest absolute Gasteiger partial charge is 0.383 e. The van der Waals surface area contributed by atoms with Crippen LogP contribution in [0.15, 0.2) is 4.90 Å². The fraction of sp³-hybridized carbons (Fsp3) is 0.750. The number of anilines is 2. The van der Waals surface area contributed by atoms with Gasteiger partial charge in [0.2, 0.25) is 0 Å². The normalized spacial score (nSPS) is 13.4. The average molecular weight is 321 g/mol. The van der Waals surface area contributed by atoms with Crippen LogP contribution in [-0.4, -0.2) is 44.8 Å². The number of rotatable bonds is 8. The standard InChI is InChI=1S/C12H23N3O3S2/c1-5-9(3)15(7-8-18-4)12-10(11(13)14-19-12)20(16,17)6-2/h9H,5-8H2,1-4H3,(H2,13,14). The Kier molecular flexibility index (Phi) is 6.22. The van der Waals surface area contributed by atoms with Crippen LogP contribution in [0.4, 0.5) is 10.8 Å². The highest BCUT2D eigenvalue weighted by Gasteiger charge is 2.28. The lowest BCUT2D eigenvalue weighted by atomic mass is 10.2. The number of nitrogen functional groups attached to an aromatic ring is 1. The third kappa shape index (κ3) is 3.62. The van der Waals surface area contributed by atoms with Crippen LogP contribution in [0.3, 0.4) is 0 Å². The minimum atomic E-state index is -3.39. The highest BCUT2D eigenvalue weighted by Crippen LogP contribution is 2.36. The smallest absolute Gasteiger partial charge is 0.184 e. The zero-order chi connectivity index (χ0) is 15.3. The van der Waals surface area contributed by atoms with Gasteiger partial charge in [-0.05, 0) is 24.9 Å². The predicted octanol–water partition coefficient (Wildman–Crippen LogP) is 1.77. The molecule has 116 valence electrons. The summed E-state index contributed by atoms with van der Waals surface area (Å²) in [6.45, 7) is 6.85. The summed E-state index contributed by atoms with van der Waals surface area (Å²) in [7, 11) is -1.76. The predicted molar refractivity (Wildman–Crippen MR) is 83.2 cm³/mol. The topological polar surface area (TPSA) is 85.5 Å². The van der Waals surface area contributed by atoms with Gasteiger partial charge in [-0.1, -0.05) is 13.8 Å². The number of aromatic nitrogens is 1. The number of methoxy groups -OCH3 is 1. The molecule has 0 saturated carbocycles. The van der Waals surface area contributed by atoms with E-state index in [4.69, 9.17) is 10.5 Å². The second-order valence-electron chi connectivity index (χ2n) is 4.55. The van der Waals surface area contributed by atoms with Crippen LogP contribution in [0.25, 0.3) is 0 Å². The van der Waals surface area contributed by atoms with Crippen molar-refractivity contribution in [3.05, 3.63) is 0 Å². The molecule has 20 heavy (non-hydrogen) atoms. The first-order chi connectivity index (χ1) is 9.38. The zero-order valence-corrected chi connectivity index (χ0v) is 14.1. The Hall–Kier alpha value is -0.860. The molecule has 0 spiro atoms. The highest BCUT2D eigenvalue weighted by atomic mass is 32.2. The van der Waals surface area contributed by atoms with E-state index in [1.807, 2.05) is 11.8 Å². The molecule has 0 radical (unpaired) electrons. The fourth-order valence-electron chi connectivity index (χ4n) is 1.84. The summed E-state index contributed by atoms with van der Waals surface area (Å²) >= 11 is 1.14. The van der Waals surface area contributed by atoms with Gasteiger partial charge in [0.25, 0.3) is 0 Å². The van der Waals surface area contributed by atoms with Crippen LogP contribution in [0.2, 0.25) is 0 Å². The van der Waals surface area contributed by atoms with Crippen molar-refractivity contribution in [2.24, 2.45) is 0 Å². The van der Waals surface area contributed by atoms with Crippen molar-refractivity contribution in [1.82, 2.24) is 4.37 Å². The van der Waals surface area contributed by atoms with E-state index in [-0.39, 0.29) is 22.5 Å². The fourth-order valence-corrected chi connectivity index (χ4v) is 4.26. The molecule has 1 rings (SSSR count). The van der Waals surface area contributed by atoms with Crippen LogP contribution < -0.4 is 10.6 Å². The van der Waals surface area contributed by atoms with E-state index >= 15 is 0 Å². The molecule has 6 nitrogen and oxygen atoms in total. The minimum absolute atomic E-state index is 0.0151. The number of ether oxygens (including phenoxy) is 1. The second kappa shape index (κ2) is 7.24. The van der Waals surface area contributed by atoms with Crippen LogP contribution in [-0.2, 0) is 14.6 Å². The molecule has 1 atom stereocenters. The first-order valence-corrected chi connectivity index (χ1v) is 9.05. The van der Waals surface area contributed by atoms with Gasteiger partial charge in [0.1, 0.15) is 9.90 Å². The maximum atomic E-state index is 12.2. The zero-order valence-electron chi connectivity index (χ0n) is 12.4. The molecular weight excluding hydrogens is 298 g/mol. The van der Waals surface area contributed by atoms with E-state index < -0.39 is 9.84 Å². The van der Waals surface area contributed by atoms with Crippen molar-refractivity contribution in [3.63, 3.8) is 0 Å². The Balaban J connectivity index is 3.27. The summed E-state index contributed by atoms with van der Waals surface area (Å²) in [5.74, 6) is 0.110. The lowest BCUT2D eigenvalue weighted by Crippen LogP contribution is -2.35. The molecule has 0 aliphatic heterocycles. The van der Waals surface area contributed by atoms with Crippen molar-refractivity contribution in [1.29, 1.82) is 0 Å². The maximum absolute atomic E-state index is 12.2. The van der Waals surface area contributed by atoms with Gasteiger partial charge in [0.05, 0.1) is 12.4 Å². The number of nitrogens with two attached hydrogens (primary N) is 1. The third-order valence-electron chi connectivity index (χ3n) is 3.27. The quantitative estimate of drug-likeness (QED) is 0.785. The summed E-state index contributed by atoms with van der Waals surface area (Å²) in [6, 6.07) is 0.191. The lowest BCUT2D eigenvalue weighted by molar-refractivity contribution is 0.203. The number of sulfone groups is 1. The molecule has 2 N–H and O–H groups in total. The first-order valence-electron chi connectivity index (χ1n) is 6.62. The SMILES string of the molecule is CCC(C)N(CCOC)c1snc(N)c1S(=O)(=O)CC. The summed E-state index contributed by atoms with van der Waals surface area (Å²) < 4.78 is 33.6. The molecule has 0 amide bonds. The molecule has 8 heteroatoms. The number of hydrogen-bond acceptors (Lipinski definition) is 7. The molecule has 1 aromatic heterocycles. The van der Waals surface area contributed by atoms with Gasteiger partial charge in [0, 0.05) is 19.7 Å². The summed E-state index contributed by atoms with van der Waals surface area (Å²) in [4.78, 5) is 2.18. The second-order valence-corrected chi connectivity index (χ2v) is 7.52. The monoisotopic (exact) mass is 321 g/mol. The summed E-state index contributed by atoms with van der Waals surface area (Å²) in [5.41, 5.74) is 5.77. The number of nitrogens with zero attached hydrogens (tertiary/aromatic N) is 2. The molecular formula is C12H23N3O3S2. The molecule has 1 heterocycles. The maximum Gasteiger partial charge on any atom is 0.184 e. The van der Waals surface area contributed by atoms with Gasteiger partial charge < -0.3 is 15.4 Å². The van der Waals surface area contributed by atoms with E-state index in [1.165, 1.54) is 0 Å². The van der Waals surface area contributed by atoms with Gasteiger partial charge >= 0.3 is 0 Å². The molecule has 0 aromatic carbocycles. The Morgan fingerprint density at radius 3 is 2.60 bits per heavy atom.